The van der Waals surface area contributed by atoms with Gasteiger partial charge in [0, 0.05) is 42.9 Å². The van der Waals surface area contributed by atoms with Crippen LogP contribution in [-0.4, -0.2) is 35.3 Å². The second-order valence-electron chi connectivity index (χ2n) is 5.11. The number of nitrogens with zero attached hydrogens (tertiary/aromatic N) is 1. The topological polar surface area (TPSA) is 80.6 Å². The summed E-state index contributed by atoms with van der Waals surface area (Å²) in [4.78, 5) is 22.6. The van der Waals surface area contributed by atoms with Gasteiger partial charge in [-0.3, -0.25) is 9.59 Å². The number of nitrogens with one attached hydrogen (secondary N) is 1. The first-order valence-electron chi connectivity index (χ1n) is 7.19. The number of rotatable bonds is 8. The van der Waals surface area contributed by atoms with Gasteiger partial charge >= 0.3 is 5.97 Å². The molecular weight excluding hydrogens is 284 g/mol. The van der Waals surface area contributed by atoms with E-state index in [1.807, 2.05) is 18.2 Å². The highest BCUT2D eigenvalue weighted by atomic mass is 16.5. The van der Waals surface area contributed by atoms with Crippen molar-refractivity contribution in [3.63, 3.8) is 0 Å². The number of carboxylic acid groups (broad SMARTS) is 1. The zero-order chi connectivity index (χ0) is 15.9. The second-order valence-corrected chi connectivity index (χ2v) is 5.11. The van der Waals surface area contributed by atoms with E-state index in [1.54, 1.807) is 23.9 Å². The Morgan fingerprint density at radius 1 is 1.27 bits per heavy atom. The van der Waals surface area contributed by atoms with Crippen LogP contribution in [0.25, 0.3) is 10.9 Å². The lowest BCUT2D eigenvalue weighted by Gasteiger charge is -2.06. The minimum absolute atomic E-state index is 0.0274. The molecule has 6 nitrogen and oxygen atoms in total. The summed E-state index contributed by atoms with van der Waals surface area (Å²) in [6.07, 6.45) is 3.84. The predicted octanol–water partition coefficient (Wildman–Crippen LogP) is 2.48. The van der Waals surface area contributed by atoms with Gasteiger partial charge in [-0.15, -0.1) is 0 Å². The fourth-order valence-electron chi connectivity index (χ4n) is 2.32. The minimum atomic E-state index is -0.883. The number of anilines is 1. The van der Waals surface area contributed by atoms with Crippen LogP contribution in [0.5, 0.6) is 0 Å². The van der Waals surface area contributed by atoms with Gasteiger partial charge in [-0.25, -0.2) is 0 Å². The summed E-state index contributed by atoms with van der Waals surface area (Å²) >= 11 is 0. The number of carboxylic acids is 1. The normalized spacial score (nSPS) is 10.8. The molecule has 0 atom stereocenters. The summed E-state index contributed by atoms with van der Waals surface area (Å²) in [6, 6.07) is 7.29. The first-order chi connectivity index (χ1) is 10.6. The quantitative estimate of drug-likeness (QED) is 0.734. The number of hydrogen-bond donors (Lipinski definition) is 2. The van der Waals surface area contributed by atoms with E-state index < -0.39 is 5.97 Å². The van der Waals surface area contributed by atoms with E-state index in [-0.39, 0.29) is 12.5 Å². The summed E-state index contributed by atoms with van der Waals surface area (Å²) in [5.41, 5.74) is 1.55. The van der Waals surface area contributed by atoms with Gasteiger partial charge in [0.25, 0.3) is 0 Å². The number of benzene rings is 1. The summed E-state index contributed by atoms with van der Waals surface area (Å²) < 4.78 is 6.60. The number of aromatic nitrogens is 1. The molecule has 0 fully saturated rings. The summed E-state index contributed by atoms with van der Waals surface area (Å²) in [7, 11) is 1.64. The molecule has 0 aliphatic rings. The van der Waals surface area contributed by atoms with Crippen LogP contribution >= 0.6 is 0 Å². The molecule has 2 N–H and O–H groups in total. The third-order valence-electron chi connectivity index (χ3n) is 3.36. The molecule has 1 aromatic heterocycles. The average molecular weight is 304 g/mol. The Labute approximate surface area is 128 Å². The van der Waals surface area contributed by atoms with Crippen LogP contribution in [-0.2, 0) is 20.9 Å². The van der Waals surface area contributed by atoms with Gasteiger partial charge in [0.1, 0.15) is 6.54 Å². The predicted molar refractivity (Wildman–Crippen MR) is 83.9 cm³/mol. The number of amides is 1. The lowest BCUT2D eigenvalue weighted by Crippen LogP contribution is -2.11. The van der Waals surface area contributed by atoms with E-state index in [1.165, 1.54) is 0 Å². The third kappa shape index (κ3) is 4.33. The molecule has 2 aromatic rings. The van der Waals surface area contributed by atoms with Gasteiger partial charge in [-0.05, 0) is 37.1 Å². The summed E-state index contributed by atoms with van der Waals surface area (Å²) in [5, 5.41) is 12.6. The second kappa shape index (κ2) is 7.61. The van der Waals surface area contributed by atoms with Crippen LogP contribution in [0.2, 0.25) is 0 Å². The fraction of sp³-hybridized carbons (Fsp3) is 0.375. The molecule has 0 aliphatic heterocycles. The molecule has 22 heavy (non-hydrogen) atoms. The molecule has 6 heteroatoms. The molecule has 0 saturated carbocycles. The Kier molecular flexibility index (Phi) is 5.55. The SMILES string of the molecule is COCCCCC(=O)Nc1ccc2c(ccn2CC(=O)O)c1. The van der Waals surface area contributed by atoms with E-state index >= 15 is 0 Å². The summed E-state index contributed by atoms with van der Waals surface area (Å²) in [5.74, 6) is -0.911. The molecule has 0 spiro atoms. The highest BCUT2D eigenvalue weighted by Gasteiger charge is 2.07. The maximum atomic E-state index is 11.8. The van der Waals surface area contributed by atoms with Gasteiger partial charge in [0.15, 0.2) is 0 Å². The van der Waals surface area contributed by atoms with E-state index in [0.29, 0.717) is 13.0 Å². The van der Waals surface area contributed by atoms with E-state index in [2.05, 4.69) is 5.32 Å². The van der Waals surface area contributed by atoms with Gasteiger partial charge in [0.2, 0.25) is 5.91 Å². The van der Waals surface area contributed by atoms with E-state index in [9.17, 15) is 9.59 Å². The average Bonchev–Trinajstić information content (AvgIpc) is 2.85. The number of fused-ring (bicyclic) bond motifs is 1. The first kappa shape index (κ1) is 16.0. The van der Waals surface area contributed by atoms with Crippen molar-refractivity contribution in [3.05, 3.63) is 30.5 Å². The van der Waals surface area contributed by atoms with Crippen LogP contribution in [0.1, 0.15) is 19.3 Å². The fourth-order valence-corrected chi connectivity index (χ4v) is 2.32. The Bertz CT molecular complexity index is 663. The molecule has 118 valence electrons. The molecule has 0 radical (unpaired) electrons. The van der Waals surface area contributed by atoms with E-state index in [4.69, 9.17) is 9.84 Å². The lowest BCUT2D eigenvalue weighted by molar-refractivity contribution is -0.137. The van der Waals surface area contributed by atoms with Crippen LogP contribution in [0.4, 0.5) is 5.69 Å². The van der Waals surface area contributed by atoms with Crippen molar-refractivity contribution in [3.8, 4) is 0 Å². The van der Waals surface area contributed by atoms with Crippen molar-refractivity contribution in [2.24, 2.45) is 0 Å². The maximum Gasteiger partial charge on any atom is 0.323 e. The van der Waals surface area contributed by atoms with Crippen LogP contribution in [0.15, 0.2) is 30.5 Å². The molecule has 1 heterocycles. The molecule has 2 rings (SSSR count). The number of aliphatic carboxylic acids is 1. The van der Waals surface area contributed by atoms with Crippen molar-refractivity contribution >= 4 is 28.5 Å². The van der Waals surface area contributed by atoms with Crippen molar-refractivity contribution in [2.45, 2.75) is 25.8 Å². The lowest BCUT2D eigenvalue weighted by atomic mass is 10.2. The van der Waals surface area contributed by atoms with Crippen molar-refractivity contribution < 1.29 is 19.4 Å². The molecule has 0 aliphatic carbocycles. The van der Waals surface area contributed by atoms with Crippen molar-refractivity contribution in [1.82, 2.24) is 4.57 Å². The molecule has 0 bridgehead atoms. The number of ether oxygens (including phenoxy) is 1. The van der Waals surface area contributed by atoms with Gasteiger partial charge in [-0.2, -0.15) is 0 Å². The zero-order valence-electron chi connectivity index (χ0n) is 12.5. The number of hydrogen-bond acceptors (Lipinski definition) is 3. The van der Waals surface area contributed by atoms with Crippen LogP contribution < -0.4 is 5.32 Å². The Balaban J connectivity index is 1.98. The van der Waals surface area contributed by atoms with Gasteiger partial charge < -0.3 is 19.7 Å². The highest BCUT2D eigenvalue weighted by Crippen LogP contribution is 2.20. The standard InChI is InChI=1S/C16H20N2O4/c1-22-9-3-2-4-15(19)17-13-5-6-14-12(10-13)7-8-18(14)11-16(20)21/h5-8,10H,2-4,9,11H2,1H3,(H,17,19)(H,20,21). The van der Waals surface area contributed by atoms with Gasteiger partial charge in [0.05, 0.1) is 0 Å². The molecule has 1 aromatic carbocycles. The first-order valence-corrected chi connectivity index (χ1v) is 7.19. The number of carbonyl (C=O) groups is 2. The Morgan fingerprint density at radius 3 is 2.82 bits per heavy atom. The van der Waals surface area contributed by atoms with Gasteiger partial charge in [-0.1, -0.05) is 0 Å². The molecular formula is C16H20N2O4. The molecule has 0 saturated heterocycles. The van der Waals surface area contributed by atoms with Crippen LogP contribution in [0, 0.1) is 0 Å². The third-order valence-corrected chi connectivity index (χ3v) is 3.36. The Hall–Kier alpha value is -2.34. The van der Waals surface area contributed by atoms with Crippen molar-refractivity contribution in [2.75, 3.05) is 19.0 Å². The smallest absolute Gasteiger partial charge is 0.323 e. The largest absolute Gasteiger partial charge is 0.480 e. The maximum absolute atomic E-state index is 11.8. The number of methoxy groups -OCH3 is 1. The molecule has 0 unspecified atom stereocenters. The number of unbranched alkanes of at least 4 members (excludes halogenated alkanes) is 1. The zero-order valence-corrected chi connectivity index (χ0v) is 12.5. The van der Waals surface area contributed by atoms with E-state index in [0.717, 1.165) is 29.4 Å². The monoisotopic (exact) mass is 304 g/mol. The van der Waals surface area contributed by atoms with Crippen LogP contribution in [0.3, 0.4) is 0 Å². The molecule has 1 amide bonds. The Morgan fingerprint density at radius 2 is 2.09 bits per heavy atom. The number of carbonyl (C=O) groups excluding carboxylic acids is 1. The van der Waals surface area contributed by atoms with Crippen molar-refractivity contribution in [1.29, 1.82) is 0 Å². The highest BCUT2D eigenvalue weighted by molar-refractivity contribution is 5.94. The summed E-state index contributed by atoms with van der Waals surface area (Å²) in [6.45, 7) is 0.588. The minimum Gasteiger partial charge on any atom is -0.480 e.